The topological polar surface area (TPSA) is 123 Å². The standard InChI is InChI=1S/C25H26N4O5/c1-3-13-29-22-21(24(32)28-25(29)33)18(14-19(27-22)16-8-9-16)23(31)26-17-10-5-15(6-11-17)7-12-20(30)34-4-2/h5-7,10-12,14,16H,3-4,8-9,13H2,1-2H3,(H,26,31)(H,28,32,33)/b12-7+. The molecule has 1 saturated carbocycles. The van der Waals surface area contributed by atoms with Crippen molar-refractivity contribution in [3.8, 4) is 0 Å². The number of nitrogens with one attached hydrogen (secondary N) is 2. The summed E-state index contributed by atoms with van der Waals surface area (Å²) in [4.78, 5) is 56.8. The second-order valence-electron chi connectivity index (χ2n) is 8.14. The number of aromatic amines is 1. The van der Waals surface area contributed by atoms with E-state index in [1.54, 1.807) is 43.3 Å². The van der Waals surface area contributed by atoms with E-state index in [-0.39, 0.29) is 22.5 Å². The Morgan fingerprint density at radius 1 is 1.21 bits per heavy atom. The minimum absolute atomic E-state index is 0.101. The van der Waals surface area contributed by atoms with Crippen molar-refractivity contribution in [1.29, 1.82) is 0 Å². The predicted octanol–water partition coefficient (Wildman–Crippen LogP) is 3.20. The number of hydrogen-bond acceptors (Lipinski definition) is 6. The summed E-state index contributed by atoms with van der Waals surface area (Å²) in [5.74, 6) is -0.662. The Hall–Kier alpha value is -4.01. The summed E-state index contributed by atoms with van der Waals surface area (Å²) in [5, 5.41) is 2.92. The molecular weight excluding hydrogens is 436 g/mol. The molecule has 1 amide bonds. The second-order valence-corrected chi connectivity index (χ2v) is 8.14. The van der Waals surface area contributed by atoms with Gasteiger partial charge in [-0.2, -0.15) is 0 Å². The molecule has 2 heterocycles. The van der Waals surface area contributed by atoms with Gasteiger partial charge in [-0.25, -0.2) is 14.6 Å². The molecule has 2 aromatic heterocycles. The number of rotatable bonds is 8. The number of hydrogen-bond donors (Lipinski definition) is 2. The Kier molecular flexibility index (Phi) is 6.72. The predicted molar refractivity (Wildman–Crippen MR) is 129 cm³/mol. The molecule has 9 nitrogen and oxygen atoms in total. The number of H-pyrrole nitrogens is 1. The number of amides is 1. The lowest BCUT2D eigenvalue weighted by Crippen LogP contribution is -2.32. The maximum absolute atomic E-state index is 13.2. The van der Waals surface area contributed by atoms with Gasteiger partial charge in [-0.15, -0.1) is 0 Å². The first-order valence-electron chi connectivity index (χ1n) is 11.3. The largest absolute Gasteiger partial charge is 0.463 e. The highest BCUT2D eigenvalue weighted by molar-refractivity contribution is 6.11. The van der Waals surface area contributed by atoms with E-state index in [4.69, 9.17) is 4.74 Å². The maximum atomic E-state index is 13.2. The van der Waals surface area contributed by atoms with Crippen LogP contribution in [0.5, 0.6) is 0 Å². The smallest absolute Gasteiger partial charge is 0.330 e. The number of ether oxygens (including phenoxy) is 1. The lowest BCUT2D eigenvalue weighted by molar-refractivity contribution is -0.137. The summed E-state index contributed by atoms with van der Waals surface area (Å²) in [6.45, 7) is 4.35. The van der Waals surface area contributed by atoms with Crippen molar-refractivity contribution < 1.29 is 14.3 Å². The summed E-state index contributed by atoms with van der Waals surface area (Å²) >= 11 is 0. The lowest BCUT2D eigenvalue weighted by Gasteiger charge is -2.13. The first-order valence-corrected chi connectivity index (χ1v) is 11.3. The van der Waals surface area contributed by atoms with Crippen LogP contribution in [0.4, 0.5) is 5.69 Å². The van der Waals surface area contributed by atoms with E-state index < -0.39 is 23.1 Å². The van der Waals surface area contributed by atoms with Crippen molar-refractivity contribution in [1.82, 2.24) is 14.5 Å². The fourth-order valence-electron chi connectivity index (χ4n) is 3.72. The molecule has 1 fully saturated rings. The van der Waals surface area contributed by atoms with Gasteiger partial charge in [0.1, 0.15) is 0 Å². The Balaban J connectivity index is 1.67. The number of esters is 1. The van der Waals surface area contributed by atoms with Gasteiger partial charge in [0.05, 0.1) is 17.6 Å². The summed E-state index contributed by atoms with van der Waals surface area (Å²) in [6.07, 6.45) is 5.55. The highest BCUT2D eigenvalue weighted by Crippen LogP contribution is 2.40. The Morgan fingerprint density at radius 3 is 2.59 bits per heavy atom. The quantitative estimate of drug-likeness (QED) is 0.391. The molecule has 3 aromatic rings. The molecule has 9 heteroatoms. The van der Waals surface area contributed by atoms with E-state index in [0.717, 1.165) is 18.4 Å². The number of nitrogens with zero attached hydrogens (tertiary/aromatic N) is 2. The molecule has 1 aromatic carbocycles. The zero-order chi connectivity index (χ0) is 24.2. The van der Waals surface area contributed by atoms with Gasteiger partial charge in [-0.05, 0) is 56.0 Å². The monoisotopic (exact) mass is 462 g/mol. The van der Waals surface area contributed by atoms with E-state index in [1.165, 1.54) is 10.6 Å². The average molecular weight is 463 g/mol. The third-order valence-corrected chi connectivity index (χ3v) is 5.52. The molecule has 2 N–H and O–H groups in total. The fourth-order valence-corrected chi connectivity index (χ4v) is 3.72. The van der Waals surface area contributed by atoms with Crippen LogP contribution in [0.15, 0.2) is 46.0 Å². The van der Waals surface area contributed by atoms with Gasteiger partial charge in [0, 0.05) is 29.9 Å². The number of pyridine rings is 1. The van der Waals surface area contributed by atoms with Gasteiger partial charge in [0.2, 0.25) is 0 Å². The van der Waals surface area contributed by atoms with E-state index in [9.17, 15) is 19.2 Å². The van der Waals surface area contributed by atoms with E-state index in [1.807, 2.05) is 6.92 Å². The summed E-state index contributed by atoms with van der Waals surface area (Å²) < 4.78 is 6.28. The number of fused-ring (bicyclic) bond motifs is 1. The number of anilines is 1. The van der Waals surface area contributed by atoms with Crippen LogP contribution >= 0.6 is 0 Å². The highest BCUT2D eigenvalue weighted by atomic mass is 16.5. The van der Waals surface area contributed by atoms with Gasteiger partial charge in [0.25, 0.3) is 11.5 Å². The second kappa shape index (κ2) is 9.86. The molecular formula is C25H26N4O5. The van der Waals surface area contributed by atoms with Crippen molar-refractivity contribution in [2.75, 3.05) is 11.9 Å². The summed E-state index contributed by atoms with van der Waals surface area (Å²) in [6, 6.07) is 8.55. The fraction of sp³-hybridized carbons (Fsp3) is 0.320. The van der Waals surface area contributed by atoms with Crippen LogP contribution in [0.3, 0.4) is 0 Å². The molecule has 4 rings (SSSR count). The number of aromatic nitrogens is 3. The Bertz CT molecular complexity index is 1380. The molecule has 0 spiro atoms. The molecule has 0 atom stereocenters. The van der Waals surface area contributed by atoms with E-state index in [0.29, 0.717) is 31.0 Å². The van der Waals surface area contributed by atoms with Gasteiger partial charge in [-0.3, -0.25) is 19.1 Å². The van der Waals surface area contributed by atoms with Crippen LogP contribution in [0.1, 0.15) is 60.6 Å². The van der Waals surface area contributed by atoms with Crippen molar-refractivity contribution in [2.24, 2.45) is 0 Å². The van der Waals surface area contributed by atoms with Crippen LogP contribution in [0, 0.1) is 0 Å². The normalized spacial score (nSPS) is 13.4. The van der Waals surface area contributed by atoms with Gasteiger partial charge < -0.3 is 10.1 Å². The van der Waals surface area contributed by atoms with Crippen molar-refractivity contribution in [3.05, 3.63) is 74.1 Å². The van der Waals surface area contributed by atoms with Gasteiger partial charge >= 0.3 is 11.7 Å². The SMILES string of the molecule is CCCn1c(=O)[nH]c(=O)c2c(C(=O)Nc3ccc(/C=C/C(=O)OCC)cc3)cc(C3CC3)nc21. The molecule has 0 unspecified atom stereocenters. The highest BCUT2D eigenvalue weighted by Gasteiger charge is 2.28. The van der Waals surface area contributed by atoms with E-state index in [2.05, 4.69) is 15.3 Å². The van der Waals surface area contributed by atoms with Crippen LogP contribution < -0.4 is 16.6 Å². The summed E-state index contributed by atoms with van der Waals surface area (Å²) in [7, 11) is 0. The van der Waals surface area contributed by atoms with Crippen LogP contribution in [-0.2, 0) is 16.1 Å². The number of benzene rings is 1. The van der Waals surface area contributed by atoms with Crippen LogP contribution in [0.2, 0.25) is 0 Å². The number of carbonyl (C=O) groups excluding carboxylic acids is 2. The zero-order valence-electron chi connectivity index (χ0n) is 19.1. The van der Waals surface area contributed by atoms with Crippen LogP contribution in [-0.4, -0.2) is 33.0 Å². The van der Waals surface area contributed by atoms with Crippen LogP contribution in [0.25, 0.3) is 17.1 Å². The molecule has 1 aliphatic carbocycles. The molecule has 0 bridgehead atoms. The molecule has 0 saturated heterocycles. The third-order valence-electron chi connectivity index (χ3n) is 5.52. The first kappa shape index (κ1) is 23.2. The number of carbonyl (C=O) groups is 2. The molecule has 0 aliphatic heterocycles. The molecule has 34 heavy (non-hydrogen) atoms. The molecule has 1 aliphatic rings. The summed E-state index contributed by atoms with van der Waals surface area (Å²) in [5.41, 5.74) is 1.26. The van der Waals surface area contributed by atoms with Gasteiger partial charge in [-0.1, -0.05) is 19.1 Å². The molecule has 176 valence electrons. The van der Waals surface area contributed by atoms with Crippen molar-refractivity contribution in [3.63, 3.8) is 0 Å². The van der Waals surface area contributed by atoms with E-state index >= 15 is 0 Å². The first-order chi connectivity index (χ1) is 16.4. The zero-order valence-corrected chi connectivity index (χ0v) is 19.1. The minimum Gasteiger partial charge on any atom is -0.463 e. The number of aryl methyl sites for hydroxylation is 1. The Morgan fingerprint density at radius 2 is 1.94 bits per heavy atom. The average Bonchev–Trinajstić information content (AvgIpc) is 3.66. The van der Waals surface area contributed by atoms with Crippen molar-refractivity contribution >= 4 is 34.7 Å². The van der Waals surface area contributed by atoms with Gasteiger partial charge in [0.15, 0.2) is 5.65 Å². The molecule has 0 radical (unpaired) electrons. The maximum Gasteiger partial charge on any atom is 0.330 e. The minimum atomic E-state index is -0.633. The van der Waals surface area contributed by atoms with Crippen molar-refractivity contribution in [2.45, 2.75) is 45.6 Å². The lowest BCUT2D eigenvalue weighted by atomic mass is 10.1. The Labute approximate surface area is 195 Å². The third kappa shape index (κ3) is 4.98.